The summed E-state index contributed by atoms with van der Waals surface area (Å²) in [4.78, 5) is 0. The van der Waals surface area contributed by atoms with Crippen LogP contribution in [-0.4, -0.2) is 6.54 Å². The largest absolute Gasteiger partial charge is 0.310 e. The monoisotopic (exact) mass is 240 g/mol. The lowest BCUT2D eigenvalue weighted by Gasteiger charge is -2.14. The van der Waals surface area contributed by atoms with Crippen molar-refractivity contribution >= 4 is 11.6 Å². The van der Waals surface area contributed by atoms with Crippen molar-refractivity contribution in [2.75, 3.05) is 6.54 Å². The van der Waals surface area contributed by atoms with Crippen molar-refractivity contribution in [3.05, 3.63) is 34.6 Å². The predicted molar refractivity (Wildman–Crippen MR) is 62.7 cm³/mol. The van der Waals surface area contributed by atoms with Crippen LogP contribution in [0.4, 0.5) is 4.39 Å². The Kier molecular flexibility index (Phi) is 5.24. The summed E-state index contributed by atoms with van der Waals surface area (Å²) in [5.41, 5.74) is 0.948. The molecule has 16 heavy (non-hydrogen) atoms. The molecule has 2 nitrogen and oxygen atoms in total. The Balaban J connectivity index is 2.50. The maximum absolute atomic E-state index is 12.9. The number of hydrogen-bond donors (Lipinski definition) is 1. The second kappa shape index (κ2) is 6.47. The number of benzene rings is 1. The van der Waals surface area contributed by atoms with Gasteiger partial charge in [0.05, 0.1) is 11.1 Å². The van der Waals surface area contributed by atoms with E-state index < -0.39 is 5.82 Å². The van der Waals surface area contributed by atoms with E-state index in [1.165, 1.54) is 6.07 Å². The van der Waals surface area contributed by atoms with Crippen molar-refractivity contribution in [2.24, 2.45) is 0 Å². The SMILES string of the molecule is C[C@H](NCCCC#N)c1ccc(F)c(Cl)c1. The Morgan fingerprint density at radius 1 is 1.56 bits per heavy atom. The van der Waals surface area contributed by atoms with E-state index in [4.69, 9.17) is 16.9 Å². The molecule has 1 atom stereocenters. The van der Waals surface area contributed by atoms with Gasteiger partial charge in [-0.05, 0) is 37.6 Å². The molecule has 0 saturated heterocycles. The van der Waals surface area contributed by atoms with Crippen molar-refractivity contribution in [1.29, 1.82) is 5.26 Å². The smallest absolute Gasteiger partial charge is 0.141 e. The summed E-state index contributed by atoms with van der Waals surface area (Å²) in [5, 5.41) is 11.8. The molecule has 1 aromatic carbocycles. The fourth-order valence-corrected chi connectivity index (χ4v) is 1.57. The lowest BCUT2D eigenvalue weighted by Crippen LogP contribution is -2.19. The highest BCUT2D eigenvalue weighted by Gasteiger charge is 2.07. The van der Waals surface area contributed by atoms with E-state index in [0.29, 0.717) is 6.42 Å². The maximum atomic E-state index is 12.9. The van der Waals surface area contributed by atoms with Crippen LogP contribution in [0.3, 0.4) is 0 Å². The van der Waals surface area contributed by atoms with E-state index in [0.717, 1.165) is 18.5 Å². The molecule has 0 bridgehead atoms. The topological polar surface area (TPSA) is 35.8 Å². The molecule has 0 aromatic heterocycles. The first kappa shape index (κ1) is 13.0. The van der Waals surface area contributed by atoms with Crippen LogP contribution >= 0.6 is 11.6 Å². The van der Waals surface area contributed by atoms with Gasteiger partial charge in [-0.2, -0.15) is 5.26 Å². The number of unbranched alkanes of at least 4 members (excludes halogenated alkanes) is 1. The number of nitriles is 1. The third kappa shape index (κ3) is 3.80. The molecule has 0 unspecified atom stereocenters. The predicted octanol–water partition coefficient (Wildman–Crippen LogP) is 3.43. The van der Waals surface area contributed by atoms with E-state index >= 15 is 0 Å². The highest BCUT2D eigenvalue weighted by molar-refractivity contribution is 6.30. The molecule has 0 radical (unpaired) electrons. The molecule has 0 spiro atoms. The Labute approximate surface area is 100 Å². The average molecular weight is 241 g/mol. The Morgan fingerprint density at radius 2 is 2.31 bits per heavy atom. The summed E-state index contributed by atoms with van der Waals surface area (Å²) >= 11 is 5.70. The van der Waals surface area contributed by atoms with Crippen molar-refractivity contribution in [1.82, 2.24) is 5.32 Å². The zero-order chi connectivity index (χ0) is 12.0. The van der Waals surface area contributed by atoms with Crippen LogP contribution < -0.4 is 5.32 Å². The lowest BCUT2D eigenvalue weighted by atomic mass is 10.1. The van der Waals surface area contributed by atoms with Crippen molar-refractivity contribution < 1.29 is 4.39 Å². The molecule has 0 aliphatic heterocycles. The molecule has 0 saturated carbocycles. The molecular formula is C12H14ClFN2. The quantitative estimate of drug-likeness (QED) is 0.801. The average Bonchev–Trinajstić information content (AvgIpc) is 2.28. The second-order valence-corrected chi connectivity index (χ2v) is 4.02. The third-order valence-corrected chi connectivity index (χ3v) is 2.65. The molecule has 0 fully saturated rings. The van der Waals surface area contributed by atoms with Gasteiger partial charge in [0.2, 0.25) is 0 Å². The summed E-state index contributed by atoms with van der Waals surface area (Å²) < 4.78 is 12.9. The highest BCUT2D eigenvalue weighted by Crippen LogP contribution is 2.20. The summed E-state index contributed by atoms with van der Waals surface area (Å²) in [6.45, 7) is 2.75. The molecule has 4 heteroatoms. The van der Waals surface area contributed by atoms with Gasteiger partial charge in [0, 0.05) is 12.5 Å². The first-order valence-electron chi connectivity index (χ1n) is 5.20. The lowest BCUT2D eigenvalue weighted by molar-refractivity contribution is 0.559. The highest BCUT2D eigenvalue weighted by atomic mass is 35.5. The van der Waals surface area contributed by atoms with Gasteiger partial charge >= 0.3 is 0 Å². The Morgan fingerprint density at radius 3 is 2.94 bits per heavy atom. The number of halogens is 2. The van der Waals surface area contributed by atoms with Gasteiger partial charge in [-0.15, -0.1) is 0 Å². The zero-order valence-corrected chi connectivity index (χ0v) is 9.89. The van der Waals surface area contributed by atoms with Crippen molar-refractivity contribution in [3.8, 4) is 6.07 Å². The fraction of sp³-hybridized carbons (Fsp3) is 0.417. The van der Waals surface area contributed by atoms with Crippen molar-refractivity contribution in [2.45, 2.75) is 25.8 Å². The van der Waals surface area contributed by atoms with Crippen LogP contribution in [0.15, 0.2) is 18.2 Å². The van der Waals surface area contributed by atoms with Crippen LogP contribution in [0.1, 0.15) is 31.4 Å². The van der Waals surface area contributed by atoms with Gasteiger partial charge < -0.3 is 5.32 Å². The van der Waals surface area contributed by atoms with E-state index in [2.05, 4.69) is 11.4 Å². The van der Waals surface area contributed by atoms with Crippen LogP contribution in [0.5, 0.6) is 0 Å². The van der Waals surface area contributed by atoms with Gasteiger partial charge in [0.1, 0.15) is 5.82 Å². The number of rotatable bonds is 5. The summed E-state index contributed by atoms with van der Waals surface area (Å²) in [6, 6.07) is 6.90. The van der Waals surface area contributed by atoms with Gasteiger partial charge in [-0.1, -0.05) is 17.7 Å². The molecule has 0 heterocycles. The standard InChI is InChI=1S/C12H14ClFN2/c1-9(16-7-3-2-6-15)10-4-5-12(14)11(13)8-10/h4-5,8-9,16H,2-3,7H2,1H3/t9-/m0/s1. The zero-order valence-electron chi connectivity index (χ0n) is 9.13. The van der Waals surface area contributed by atoms with Crippen LogP contribution in [0.25, 0.3) is 0 Å². The van der Waals surface area contributed by atoms with E-state index in [-0.39, 0.29) is 11.1 Å². The first-order valence-corrected chi connectivity index (χ1v) is 5.58. The molecule has 0 aliphatic rings. The molecule has 0 amide bonds. The fourth-order valence-electron chi connectivity index (χ4n) is 1.39. The molecule has 1 N–H and O–H groups in total. The molecule has 0 aliphatic carbocycles. The molecule has 86 valence electrons. The van der Waals surface area contributed by atoms with Gasteiger partial charge in [0.25, 0.3) is 0 Å². The van der Waals surface area contributed by atoms with Crippen LogP contribution in [0.2, 0.25) is 5.02 Å². The molecule has 1 aromatic rings. The van der Waals surface area contributed by atoms with Gasteiger partial charge in [0.15, 0.2) is 0 Å². The summed E-state index contributed by atoms with van der Waals surface area (Å²) in [7, 11) is 0. The van der Waals surface area contributed by atoms with Crippen molar-refractivity contribution in [3.63, 3.8) is 0 Å². The normalized spacial score (nSPS) is 12.1. The van der Waals surface area contributed by atoms with E-state index in [9.17, 15) is 4.39 Å². The summed E-state index contributed by atoms with van der Waals surface area (Å²) in [5.74, 6) is -0.401. The van der Waals surface area contributed by atoms with E-state index in [1.54, 1.807) is 12.1 Å². The number of hydrogen-bond acceptors (Lipinski definition) is 2. The van der Waals surface area contributed by atoms with Gasteiger partial charge in [-0.25, -0.2) is 4.39 Å². The Bertz CT molecular complexity index is 387. The van der Waals surface area contributed by atoms with Crippen LogP contribution in [0, 0.1) is 17.1 Å². The number of nitrogens with zero attached hydrogens (tertiary/aromatic N) is 1. The van der Waals surface area contributed by atoms with Crippen LogP contribution in [-0.2, 0) is 0 Å². The minimum Gasteiger partial charge on any atom is -0.310 e. The minimum absolute atomic E-state index is 0.108. The van der Waals surface area contributed by atoms with E-state index in [1.807, 2.05) is 6.92 Å². The summed E-state index contributed by atoms with van der Waals surface area (Å²) in [6.07, 6.45) is 1.36. The van der Waals surface area contributed by atoms with Gasteiger partial charge in [-0.3, -0.25) is 0 Å². The molecular weight excluding hydrogens is 227 g/mol. The minimum atomic E-state index is -0.401. The second-order valence-electron chi connectivity index (χ2n) is 3.61. The Hall–Kier alpha value is -1.11. The first-order chi connectivity index (χ1) is 7.65. The third-order valence-electron chi connectivity index (χ3n) is 2.36. The maximum Gasteiger partial charge on any atom is 0.141 e. The molecule has 1 rings (SSSR count). The number of nitrogens with one attached hydrogen (secondary N) is 1.